The van der Waals surface area contributed by atoms with Crippen molar-refractivity contribution in [2.24, 2.45) is 5.92 Å². The topological polar surface area (TPSA) is 35.6 Å². The maximum atomic E-state index is 12.4. The van der Waals surface area contributed by atoms with E-state index in [1.807, 2.05) is 17.0 Å². The van der Waals surface area contributed by atoms with E-state index in [1.165, 1.54) is 18.5 Å². The second-order valence-corrected chi connectivity index (χ2v) is 5.69. The number of amides is 1. The van der Waals surface area contributed by atoms with Crippen molar-refractivity contribution < 1.29 is 4.79 Å². The third-order valence-electron chi connectivity index (χ3n) is 4.20. The first-order chi connectivity index (χ1) is 9.79. The summed E-state index contributed by atoms with van der Waals surface area (Å²) in [6, 6.07) is 8.21. The predicted octanol–water partition coefficient (Wildman–Crippen LogP) is 2.70. The molecule has 3 rings (SSSR count). The Hall–Kier alpha value is -0.970. The fourth-order valence-corrected chi connectivity index (χ4v) is 2.81. The molecule has 1 aliphatic heterocycles. The quantitative estimate of drug-likeness (QED) is 0.891. The number of benzene rings is 1. The molecule has 0 saturated heterocycles. The van der Waals surface area contributed by atoms with Gasteiger partial charge in [0.05, 0.1) is 17.9 Å². The van der Waals surface area contributed by atoms with Crippen LogP contribution >= 0.6 is 24.8 Å². The number of carbonyl (C=O) groups excluding carboxylic acids is 1. The molecular formula is C16H25Cl2N3O. The molecule has 0 unspecified atom stereocenters. The molecule has 22 heavy (non-hydrogen) atoms. The van der Waals surface area contributed by atoms with Crippen LogP contribution in [0.3, 0.4) is 0 Å². The van der Waals surface area contributed by atoms with Crippen LogP contribution in [-0.4, -0.2) is 38.6 Å². The SMILES string of the molecule is CCN1CCN(C(=O)CNCC2CC2)c2ccccc21.Cl.Cl. The molecule has 124 valence electrons. The van der Waals surface area contributed by atoms with Gasteiger partial charge in [-0.25, -0.2) is 0 Å². The Bertz CT molecular complexity index is 494. The predicted molar refractivity (Wildman–Crippen MR) is 96.8 cm³/mol. The highest BCUT2D eigenvalue weighted by Gasteiger charge is 2.26. The lowest BCUT2D eigenvalue weighted by Crippen LogP contribution is -2.47. The van der Waals surface area contributed by atoms with E-state index in [1.54, 1.807) is 0 Å². The lowest BCUT2D eigenvalue weighted by molar-refractivity contribution is -0.117. The molecule has 1 aliphatic carbocycles. The van der Waals surface area contributed by atoms with E-state index in [-0.39, 0.29) is 30.7 Å². The van der Waals surface area contributed by atoms with E-state index < -0.39 is 0 Å². The molecular weight excluding hydrogens is 321 g/mol. The van der Waals surface area contributed by atoms with Crippen molar-refractivity contribution in [3.8, 4) is 0 Å². The lowest BCUT2D eigenvalue weighted by atomic mass is 10.1. The molecule has 0 radical (unpaired) electrons. The van der Waals surface area contributed by atoms with Crippen molar-refractivity contribution in [3.05, 3.63) is 24.3 Å². The Balaban J connectivity index is 0.00000121. The van der Waals surface area contributed by atoms with Gasteiger partial charge in [-0.3, -0.25) is 4.79 Å². The smallest absolute Gasteiger partial charge is 0.241 e. The molecule has 1 saturated carbocycles. The van der Waals surface area contributed by atoms with Gasteiger partial charge in [0, 0.05) is 19.6 Å². The van der Waals surface area contributed by atoms with Crippen molar-refractivity contribution in [2.75, 3.05) is 42.5 Å². The molecule has 4 nitrogen and oxygen atoms in total. The van der Waals surface area contributed by atoms with Gasteiger partial charge in [-0.05, 0) is 44.4 Å². The van der Waals surface area contributed by atoms with Crippen LogP contribution in [0.15, 0.2) is 24.3 Å². The second kappa shape index (κ2) is 8.61. The van der Waals surface area contributed by atoms with Gasteiger partial charge in [0.25, 0.3) is 0 Å². The highest BCUT2D eigenvalue weighted by Crippen LogP contribution is 2.32. The van der Waals surface area contributed by atoms with Crippen LogP contribution in [0.25, 0.3) is 0 Å². The average Bonchev–Trinajstić information content (AvgIpc) is 3.30. The monoisotopic (exact) mass is 345 g/mol. The Labute approximate surface area is 145 Å². The third kappa shape index (κ3) is 4.28. The number of carbonyl (C=O) groups is 1. The van der Waals surface area contributed by atoms with Crippen molar-refractivity contribution in [1.82, 2.24) is 5.32 Å². The van der Waals surface area contributed by atoms with E-state index in [0.29, 0.717) is 6.54 Å². The molecule has 0 aromatic heterocycles. The van der Waals surface area contributed by atoms with Crippen molar-refractivity contribution in [3.63, 3.8) is 0 Å². The zero-order valence-corrected chi connectivity index (χ0v) is 14.6. The van der Waals surface area contributed by atoms with Crippen LogP contribution < -0.4 is 15.1 Å². The number of hydrogen-bond acceptors (Lipinski definition) is 3. The number of fused-ring (bicyclic) bond motifs is 1. The number of nitrogens with zero attached hydrogens (tertiary/aromatic N) is 2. The molecule has 0 atom stereocenters. The van der Waals surface area contributed by atoms with E-state index in [0.717, 1.165) is 37.8 Å². The van der Waals surface area contributed by atoms with Gasteiger partial charge >= 0.3 is 0 Å². The molecule has 1 aromatic rings. The van der Waals surface area contributed by atoms with Crippen LogP contribution in [0.1, 0.15) is 19.8 Å². The van der Waals surface area contributed by atoms with Gasteiger partial charge in [-0.1, -0.05) is 12.1 Å². The molecule has 1 fully saturated rings. The maximum Gasteiger partial charge on any atom is 0.241 e. The molecule has 2 aliphatic rings. The highest BCUT2D eigenvalue weighted by atomic mass is 35.5. The summed E-state index contributed by atoms with van der Waals surface area (Å²) >= 11 is 0. The van der Waals surface area contributed by atoms with Crippen molar-refractivity contribution >= 4 is 42.1 Å². The largest absolute Gasteiger partial charge is 0.368 e. The normalized spacial score (nSPS) is 16.4. The molecule has 1 N–H and O–H groups in total. The number of likely N-dealkylation sites (N-methyl/N-ethyl adjacent to an activating group) is 1. The highest BCUT2D eigenvalue weighted by molar-refractivity contribution is 5.99. The number of para-hydroxylation sites is 2. The zero-order chi connectivity index (χ0) is 13.9. The minimum Gasteiger partial charge on any atom is -0.368 e. The summed E-state index contributed by atoms with van der Waals surface area (Å²) in [7, 11) is 0. The van der Waals surface area contributed by atoms with Gasteiger partial charge in [0.2, 0.25) is 5.91 Å². The van der Waals surface area contributed by atoms with Crippen LogP contribution in [0.4, 0.5) is 11.4 Å². The Morgan fingerprint density at radius 3 is 2.50 bits per heavy atom. The minimum absolute atomic E-state index is 0. The number of rotatable bonds is 5. The van der Waals surface area contributed by atoms with E-state index in [2.05, 4.69) is 29.3 Å². The summed E-state index contributed by atoms with van der Waals surface area (Å²) in [5.74, 6) is 1.00. The van der Waals surface area contributed by atoms with Gasteiger partial charge in [0.1, 0.15) is 0 Å². The van der Waals surface area contributed by atoms with Gasteiger partial charge in [0.15, 0.2) is 0 Å². The van der Waals surface area contributed by atoms with Crippen molar-refractivity contribution in [2.45, 2.75) is 19.8 Å². The first-order valence-corrected chi connectivity index (χ1v) is 7.64. The fourth-order valence-electron chi connectivity index (χ4n) is 2.81. The maximum absolute atomic E-state index is 12.4. The zero-order valence-electron chi connectivity index (χ0n) is 13.0. The standard InChI is InChI=1S/C16H23N3O.2ClH/c1-2-18-9-10-19(15-6-4-3-5-14(15)18)16(20)12-17-11-13-7-8-13;;/h3-6,13,17H,2,7-12H2,1H3;2*1H. The number of nitrogens with one attached hydrogen (secondary N) is 1. The molecule has 6 heteroatoms. The third-order valence-corrected chi connectivity index (χ3v) is 4.20. The summed E-state index contributed by atoms with van der Waals surface area (Å²) in [6.07, 6.45) is 2.64. The molecule has 1 heterocycles. The molecule has 0 spiro atoms. The first-order valence-electron chi connectivity index (χ1n) is 7.64. The minimum atomic E-state index is 0. The lowest BCUT2D eigenvalue weighted by Gasteiger charge is -2.37. The summed E-state index contributed by atoms with van der Waals surface area (Å²) in [5.41, 5.74) is 2.23. The number of anilines is 2. The van der Waals surface area contributed by atoms with E-state index in [4.69, 9.17) is 0 Å². The molecule has 1 aromatic carbocycles. The number of halogens is 2. The van der Waals surface area contributed by atoms with E-state index >= 15 is 0 Å². The van der Waals surface area contributed by atoms with Crippen LogP contribution in [-0.2, 0) is 4.79 Å². The molecule has 0 bridgehead atoms. The Kier molecular flexibility index (Phi) is 7.46. The van der Waals surface area contributed by atoms with E-state index in [9.17, 15) is 4.79 Å². The fraction of sp³-hybridized carbons (Fsp3) is 0.562. The van der Waals surface area contributed by atoms with Crippen molar-refractivity contribution in [1.29, 1.82) is 0 Å². The summed E-state index contributed by atoms with van der Waals surface area (Å²) in [6.45, 7) is 6.29. The summed E-state index contributed by atoms with van der Waals surface area (Å²) in [5, 5.41) is 3.30. The molecule has 1 amide bonds. The average molecular weight is 346 g/mol. The van der Waals surface area contributed by atoms with Crippen LogP contribution in [0, 0.1) is 5.92 Å². The summed E-state index contributed by atoms with van der Waals surface area (Å²) < 4.78 is 0. The van der Waals surface area contributed by atoms with Crippen LogP contribution in [0.2, 0.25) is 0 Å². The Morgan fingerprint density at radius 1 is 1.18 bits per heavy atom. The van der Waals surface area contributed by atoms with Gasteiger partial charge in [-0.2, -0.15) is 0 Å². The number of hydrogen-bond donors (Lipinski definition) is 1. The van der Waals surface area contributed by atoms with Crippen LogP contribution in [0.5, 0.6) is 0 Å². The Morgan fingerprint density at radius 2 is 1.86 bits per heavy atom. The van der Waals surface area contributed by atoms with Gasteiger partial charge in [-0.15, -0.1) is 24.8 Å². The summed E-state index contributed by atoms with van der Waals surface area (Å²) in [4.78, 5) is 16.7. The first kappa shape index (κ1) is 19.1. The second-order valence-electron chi connectivity index (χ2n) is 5.69. The van der Waals surface area contributed by atoms with Gasteiger partial charge < -0.3 is 15.1 Å².